The van der Waals surface area contributed by atoms with Gasteiger partial charge in [0, 0.05) is 12.4 Å². The van der Waals surface area contributed by atoms with E-state index in [4.69, 9.17) is 4.42 Å². The first kappa shape index (κ1) is 17.1. The quantitative estimate of drug-likeness (QED) is 0.539. The Kier molecular flexibility index (Phi) is 9.06. The van der Waals surface area contributed by atoms with E-state index in [1.54, 1.807) is 12.4 Å². The summed E-state index contributed by atoms with van der Waals surface area (Å²) in [6, 6.07) is 7.59. The van der Waals surface area contributed by atoms with Crippen LogP contribution >= 0.6 is 0 Å². The van der Waals surface area contributed by atoms with Gasteiger partial charge in [0.05, 0.1) is 5.39 Å². The molecule has 0 aromatic carbocycles. The monoisotopic (exact) mass is 260 g/mol. The molecule has 0 radical (unpaired) electrons. The first-order valence-corrected chi connectivity index (χ1v) is 7.03. The van der Waals surface area contributed by atoms with Crippen molar-refractivity contribution in [3.63, 3.8) is 0 Å². The van der Waals surface area contributed by atoms with E-state index in [9.17, 15) is 0 Å². The Morgan fingerprint density at radius 1 is 0.789 bits per heavy atom. The number of aromatic nitrogens is 2. The van der Waals surface area contributed by atoms with Crippen molar-refractivity contribution in [2.24, 2.45) is 0 Å². The summed E-state index contributed by atoms with van der Waals surface area (Å²) in [5, 5.41) is 0.970. The number of rotatable bonds is 0. The van der Waals surface area contributed by atoms with E-state index >= 15 is 0 Å². The third kappa shape index (κ3) is 4.05. The molecular formula is C16H24N2O. The van der Waals surface area contributed by atoms with E-state index in [-0.39, 0.29) is 0 Å². The van der Waals surface area contributed by atoms with Gasteiger partial charge < -0.3 is 4.42 Å². The molecule has 3 aromatic rings. The molecule has 0 fully saturated rings. The summed E-state index contributed by atoms with van der Waals surface area (Å²) >= 11 is 0. The summed E-state index contributed by atoms with van der Waals surface area (Å²) in [6.45, 7) is 12.0. The van der Waals surface area contributed by atoms with Gasteiger partial charge in [0.25, 0.3) is 0 Å². The van der Waals surface area contributed by atoms with Crippen LogP contribution in [0.25, 0.3) is 22.2 Å². The van der Waals surface area contributed by atoms with Crippen LogP contribution < -0.4 is 0 Å². The smallest absolute Gasteiger partial charge is 0.228 e. The standard InChI is InChI=1S/C10H6N2O.3C2H6/c1-3-7-9-8(4-2-5-11-9)13-10(7)12-6-1;3*1-2/h1-6H;3*1-2H3. The second-order valence-corrected chi connectivity index (χ2v) is 2.81. The van der Waals surface area contributed by atoms with Crippen LogP contribution in [-0.4, -0.2) is 9.97 Å². The molecule has 3 rings (SSSR count). The topological polar surface area (TPSA) is 38.9 Å². The summed E-state index contributed by atoms with van der Waals surface area (Å²) in [5.41, 5.74) is 2.32. The Morgan fingerprint density at radius 2 is 1.37 bits per heavy atom. The summed E-state index contributed by atoms with van der Waals surface area (Å²) in [4.78, 5) is 8.35. The number of furan rings is 1. The van der Waals surface area contributed by atoms with Crippen LogP contribution in [0.1, 0.15) is 41.5 Å². The van der Waals surface area contributed by atoms with Crippen LogP contribution in [0, 0.1) is 0 Å². The average Bonchev–Trinajstić information content (AvgIpc) is 2.92. The molecule has 0 saturated carbocycles. The molecule has 3 heteroatoms. The first-order valence-electron chi connectivity index (χ1n) is 7.03. The lowest BCUT2D eigenvalue weighted by Gasteiger charge is -1.84. The zero-order chi connectivity index (χ0) is 14.7. The molecule has 104 valence electrons. The Bertz CT molecular complexity index is 523. The molecule has 0 unspecified atom stereocenters. The molecule has 0 aliphatic heterocycles. The molecule has 19 heavy (non-hydrogen) atoms. The molecule has 0 bridgehead atoms. The van der Waals surface area contributed by atoms with Crippen molar-refractivity contribution in [1.82, 2.24) is 9.97 Å². The highest BCUT2D eigenvalue weighted by atomic mass is 16.3. The number of fused-ring (bicyclic) bond motifs is 3. The number of hydrogen-bond donors (Lipinski definition) is 0. The van der Waals surface area contributed by atoms with Gasteiger partial charge in [0.1, 0.15) is 5.52 Å². The molecule has 0 aliphatic carbocycles. The molecule has 3 heterocycles. The lowest BCUT2D eigenvalue weighted by molar-refractivity contribution is 0.653. The minimum atomic E-state index is 0.649. The number of nitrogens with zero attached hydrogens (tertiary/aromatic N) is 2. The molecule has 0 spiro atoms. The average molecular weight is 260 g/mol. The van der Waals surface area contributed by atoms with Crippen molar-refractivity contribution in [2.45, 2.75) is 41.5 Å². The lowest BCUT2D eigenvalue weighted by Crippen LogP contribution is -1.72. The van der Waals surface area contributed by atoms with Crippen molar-refractivity contribution >= 4 is 22.2 Å². The molecule has 0 saturated heterocycles. The van der Waals surface area contributed by atoms with Gasteiger partial charge in [-0.2, -0.15) is 0 Å². The van der Waals surface area contributed by atoms with Gasteiger partial charge in [-0.3, -0.25) is 4.98 Å². The van der Waals surface area contributed by atoms with Gasteiger partial charge in [-0.15, -0.1) is 0 Å². The molecule has 0 N–H and O–H groups in total. The largest absolute Gasteiger partial charge is 0.436 e. The predicted octanol–water partition coefficient (Wildman–Crippen LogP) is 5.45. The van der Waals surface area contributed by atoms with Crippen LogP contribution in [0.15, 0.2) is 41.1 Å². The highest BCUT2D eigenvalue weighted by Gasteiger charge is 2.05. The predicted molar refractivity (Wildman–Crippen MR) is 83.4 cm³/mol. The Morgan fingerprint density at radius 3 is 2.05 bits per heavy atom. The van der Waals surface area contributed by atoms with Crippen LogP contribution in [0.4, 0.5) is 0 Å². The number of pyridine rings is 2. The van der Waals surface area contributed by atoms with Crippen molar-refractivity contribution in [3.05, 3.63) is 36.7 Å². The van der Waals surface area contributed by atoms with Crippen molar-refractivity contribution in [2.75, 3.05) is 0 Å². The molecular weight excluding hydrogens is 236 g/mol. The fourth-order valence-electron chi connectivity index (χ4n) is 1.43. The fourth-order valence-corrected chi connectivity index (χ4v) is 1.43. The van der Waals surface area contributed by atoms with Gasteiger partial charge in [-0.25, -0.2) is 4.98 Å². The van der Waals surface area contributed by atoms with E-state index in [1.807, 2.05) is 65.8 Å². The molecule has 0 amide bonds. The normalized spacial score (nSPS) is 8.53. The Balaban J connectivity index is 0.000000482. The third-order valence-electron chi connectivity index (χ3n) is 2.00. The SMILES string of the molecule is CC.CC.CC.c1cnc2c(c1)oc1ncccc12. The maximum Gasteiger partial charge on any atom is 0.228 e. The zero-order valence-corrected chi connectivity index (χ0v) is 12.8. The van der Waals surface area contributed by atoms with Crippen LogP contribution in [0.2, 0.25) is 0 Å². The van der Waals surface area contributed by atoms with Crippen LogP contribution in [0.5, 0.6) is 0 Å². The highest BCUT2D eigenvalue weighted by Crippen LogP contribution is 2.23. The number of hydrogen-bond acceptors (Lipinski definition) is 3. The van der Waals surface area contributed by atoms with Gasteiger partial charge in [0.2, 0.25) is 5.71 Å². The third-order valence-corrected chi connectivity index (χ3v) is 2.00. The lowest BCUT2D eigenvalue weighted by atomic mass is 10.3. The van der Waals surface area contributed by atoms with Gasteiger partial charge in [-0.1, -0.05) is 41.5 Å². The van der Waals surface area contributed by atoms with E-state index in [0.29, 0.717) is 5.71 Å². The zero-order valence-electron chi connectivity index (χ0n) is 12.8. The summed E-state index contributed by atoms with van der Waals surface area (Å²) in [7, 11) is 0. The Labute approximate surface area is 115 Å². The van der Waals surface area contributed by atoms with E-state index in [2.05, 4.69) is 9.97 Å². The minimum Gasteiger partial charge on any atom is -0.436 e. The van der Waals surface area contributed by atoms with Gasteiger partial charge in [-0.05, 0) is 24.3 Å². The fraction of sp³-hybridized carbons (Fsp3) is 0.375. The van der Waals surface area contributed by atoms with Crippen molar-refractivity contribution in [3.8, 4) is 0 Å². The van der Waals surface area contributed by atoms with Gasteiger partial charge in [0.15, 0.2) is 5.58 Å². The maximum atomic E-state index is 5.48. The van der Waals surface area contributed by atoms with E-state index in [1.165, 1.54) is 0 Å². The van der Waals surface area contributed by atoms with Crippen molar-refractivity contribution in [1.29, 1.82) is 0 Å². The molecule has 3 aromatic heterocycles. The second-order valence-electron chi connectivity index (χ2n) is 2.81. The maximum absolute atomic E-state index is 5.48. The summed E-state index contributed by atoms with van der Waals surface area (Å²) < 4.78 is 5.48. The van der Waals surface area contributed by atoms with Crippen LogP contribution in [-0.2, 0) is 0 Å². The van der Waals surface area contributed by atoms with E-state index in [0.717, 1.165) is 16.5 Å². The van der Waals surface area contributed by atoms with E-state index < -0.39 is 0 Å². The first-order chi connectivity index (χ1) is 9.45. The summed E-state index contributed by atoms with van der Waals surface area (Å²) in [6.07, 6.45) is 3.47. The minimum absolute atomic E-state index is 0.649. The molecule has 3 nitrogen and oxygen atoms in total. The van der Waals surface area contributed by atoms with Crippen LogP contribution in [0.3, 0.4) is 0 Å². The molecule has 0 atom stereocenters. The van der Waals surface area contributed by atoms with Gasteiger partial charge >= 0.3 is 0 Å². The van der Waals surface area contributed by atoms with Crippen molar-refractivity contribution < 1.29 is 4.42 Å². The Hall–Kier alpha value is -1.90. The highest BCUT2D eigenvalue weighted by molar-refractivity contribution is 6.00. The second kappa shape index (κ2) is 10.1. The summed E-state index contributed by atoms with van der Waals surface area (Å²) in [5.74, 6) is 0. The molecule has 0 aliphatic rings.